The summed E-state index contributed by atoms with van der Waals surface area (Å²) in [6, 6.07) is 0. The smallest absolute Gasteiger partial charge is 0.138 e. The molecular formula is C17H23N3S. The molecule has 0 atom stereocenters. The van der Waals surface area contributed by atoms with E-state index < -0.39 is 0 Å². The lowest BCUT2D eigenvalue weighted by molar-refractivity contribution is 0.430. The number of aryl methyl sites for hydroxylation is 2. The summed E-state index contributed by atoms with van der Waals surface area (Å²) >= 11 is 1.92. The first kappa shape index (κ1) is 13.5. The molecule has 1 fully saturated rings. The predicted molar refractivity (Wildman–Crippen MR) is 89.4 cm³/mol. The number of hydrogen-bond acceptors (Lipinski definition) is 4. The highest BCUT2D eigenvalue weighted by molar-refractivity contribution is 7.19. The van der Waals surface area contributed by atoms with Gasteiger partial charge in [0.15, 0.2) is 0 Å². The molecule has 4 heteroatoms. The van der Waals surface area contributed by atoms with E-state index in [1.54, 1.807) is 4.88 Å². The third-order valence-corrected chi connectivity index (χ3v) is 6.22. The minimum Gasteiger partial charge on any atom is -0.372 e. The maximum atomic E-state index is 4.98. The van der Waals surface area contributed by atoms with Crippen molar-refractivity contribution in [3.8, 4) is 0 Å². The van der Waals surface area contributed by atoms with Gasteiger partial charge in [0.05, 0.1) is 5.39 Å². The van der Waals surface area contributed by atoms with Crippen LogP contribution in [0.1, 0.15) is 67.1 Å². The Morgan fingerprint density at radius 1 is 1.00 bits per heavy atom. The molecule has 0 spiro atoms. The number of thiophene rings is 1. The van der Waals surface area contributed by atoms with Crippen LogP contribution in [0, 0.1) is 0 Å². The first-order chi connectivity index (χ1) is 10.4. The zero-order chi connectivity index (χ0) is 14.2. The summed E-state index contributed by atoms with van der Waals surface area (Å²) in [7, 11) is 2.00. The van der Waals surface area contributed by atoms with Gasteiger partial charge >= 0.3 is 0 Å². The van der Waals surface area contributed by atoms with Crippen LogP contribution in [-0.2, 0) is 12.8 Å². The summed E-state index contributed by atoms with van der Waals surface area (Å²) < 4.78 is 0. The number of nitrogens with one attached hydrogen (secondary N) is 1. The van der Waals surface area contributed by atoms with Crippen LogP contribution in [0.3, 0.4) is 0 Å². The normalized spacial score (nSPS) is 19.7. The first-order valence-corrected chi connectivity index (χ1v) is 9.18. The summed E-state index contributed by atoms with van der Waals surface area (Å²) in [4.78, 5) is 12.7. The van der Waals surface area contributed by atoms with Crippen molar-refractivity contribution in [3.63, 3.8) is 0 Å². The Labute approximate surface area is 130 Å². The van der Waals surface area contributed by atoms with Crippen molar-refractivity contribution < 1.29 is 0 Å². The van der Waals surface area contributed by atoms with Crippen LogP contribution in [0.15, 0.2) is 0 Å². The Morgan fingerprint density at radius 3 is 2.62 bits per heavy atom. The van der Waals surface area contributed by atoms with Gasteiger partial charge < -0.3 is 5.32 Å². The Kier molecular flexibility index (Phi) is 3.57. The number of rotatable bonds is 2. The van der Waals surface area contributed by atoms with Gasteiger partial charge in [0.25, 0.3) is 0 Å². The summed E-state index contributed by atoms with van der Waals surface area (Å²) in [6.45, 7) is 0. The van der Waals surface area contributed by atoms with E-state index in [2.05, 4.69) is 5.32 Å². The number of aromatic nitrogens is 2. The molecular weight excluding hydrogens is 278 g/mol. The Bertz CT molecular complexity index is 656. The molecule has 0 amide bonds. The second-order valence-corrected chi connectivity index (χ2v) is 7.49. The molecule has 2 aliphatic rings. The summed E-state index contributed by atoms with van der Waals surface area (Å²) in [5.41, 5.74) is 1.53. The fourth-order valence-electron chi connectivity index (χ4n) is 3.90. The molecule has 2 aromatic rings. The van der Waals surface area contributed by atoms with Crippen molar-refractivity contribution in [1.82, 2.24) is 9.97 Å². The molecule has 0 unspecified atom stereocenters. The second-order valence-electron chi connectivity index (χ2n) is 6.41. The molecule has 21 heavy (non-hydrogen) atoms. The van der Waals surface area contributed by atoms with Crippen LogP contribution >= 0.6 is 11.3 Å². The van der Waals surface area contributed by atoms with E-state index >= 15 is 0 Å². The minimum absolute atomic E-state index is 0.578. The monoisotopic (exact) mass is 301 g/mol. The SMILES string of the molecule is CNc1nc(C2CCCCC2)nc2sc3c(c12)CCCC3. The van der Waals surface area contributed by atoms with E-state index in [-0.39, 0.29) is 0 Å². The van der Waals surface area contributed by atoms with Gasteiger partial charge in [-0.25, -0.2) is 9.97 Å². The lowest BCUT2D eigenvalue weighted by atomic mass is 9.88. The maximum Gasteiger partial charge on any atom is 0.138 e. The van der Waals surface area contributed by atoms with Gasteiger partial charge in [0.1, 0.15) is 16.5 Å². The van der Waals surface area contributed by atoms with Gasteiger partial charge in [-0.1, -0.05) is 19.3 Å². The zero-order valence-electron chi connectivity index (χ0n) is 12.7. The third kappa shape index (κ3) is 2.33. The van der Waals surface area contributed by atoms with Gasteiger partial charge in [0, 0.05) is 17.8 Å². The Morgan fingerprint density at radius 2 is 1.81 bits per heavy atom. The molecule has 0 saturated heterocycles. The summed E-state index contributed by atoms with van der Waals surface area (Å²) in [5, 5.41) is 4.66. The van der Waals surface area contributed by atoms with Gasteiger partial charge in [-0.05, 0) is 44.1 Å². The molecule has 0 bridgehead atoms. The number of anilines is 1. The quantitative estimate of drug-likeness (QED) is 0.876. The third-order valence-electron chi connectivity index (χ3n) is 5.04. The minimum atomic E-state index is 0.578. The van der Waals surface area contributed by atoms with Crippen LogP contribution in [0.4, 0.5) is 5.82 Å². The molecule has 0 radical (unpaired) electrons. The maximum absolute atomic E-state index is 4.98. The van der Waals surface area contributed by atoms with Crippen LogP contribution in [0.25, 0.3) is 10.2 Å². The van der Waals surface area contributed by atoms with Crippen molar-refractivity contribution in [2.24, 2.45) is 0 Å². The second kappa shape index (κ2) is 5.56. The van der Waals surface area contributed by atoms with Gasteiger partial charge in [-0.15, -0.1) is 11.3 Å². The van der Waals surface area contributed by atoms with E-state index in [4.69, 9.17) is 9.97 Å². The zero-order valence-corrected chi connectivity index (χ0v) is 13.6. The fraction of sp³-hybridized carbons (Fsp3) is 0.647. The highest BCUT2D eigenvalue weighted by Crippen LogP contribution is 2.40. The molecule has 2 aliphatic carbocycles. The van der Waals surface area contributed by atoms with E-state index in [9.17, 15) is 0 Å². The average Bonchev–Trinajstić information content (AvgIpc) is 2.93. The molecule has 0 aliphatic heterocycles. The lowest BCUT2D eigenvalue weighted by Gasteiger charge is -2.21. The molecule has 3 nitrogen and oxygen atoms in total. The highest BCUT2D eigenvalue weighted by Gasteiger charge is 2.24. The van der Waals surface area contributed by atoms with Crippen LogP contribution in [0.5, 0.6) is 0 Å². The molecule has 112 valence electrons. The van der Waals surface area contributed by atoms with Gasteiger partial charge in [0.2, 0.25) is 0 Å². The first-order valence-electron chi connectivity index (χ1n) is 8.36. The van der Waals surface area contributed by atoms with Crippen molar-refractivity contribution in [3.05, 3.63) is 16.3 Å². The fourth-order valence-corrected chi connectivity index (χ4v) is 5.17. The highest BCUT2D eigenvalue weighted by atomic mass is 32.1. The van der Waals surface area contributed by atoms with Crippen LogP contribution < -0.4 is 5.32 Å². The van der Waals surface area contributed by atoms with E-state index in [1.807, 2.05) is 18.4 Å². The standard InChI is InChI=1S/C17H23N3S/c1-18-16-14-12-9-5-6-10-13(12)21-17(14)20-15(19-16)11-7-3-2-4-8-11/h11H,2-10H2,1H3,(H,18,19,20). The Balaban J connectivity index is 1.83. The van der Waals surface area contributed by atoms with Crippen LogP contribution in [-0.4, -0.2) is 17.0 Å². The summed E-state index contributed by atoms with van der Waals surface area (Å²) in [6.07, 6.45) is 11.7. The molecule has 4 rings (SSSR count). The summed E-state index contributed by atoms with van der Waals surface area (Å²) in [5.74, 6) is 2.74. The molecule has 2 aromatic heterocycles. The molecule has 1 N–H and O–H groups in total. The lowest BCUT2D eigenvalue weighted by Crippen LogP contribution is -2.10. The van der Waals surface area contributed by atoms with E-state index in [0.29, 0.717) is 5.92 Å². The largest absolute Gasteiger partial charge is 0.372 e. The topological polar surface area (TPSA) is 37.8 Å². The number of nitrogens with zero attached hydrogens (tertiary/aromatic N) is 2. The van der Waals surface area contributed by atoms with Gasteiger partial charge in [-0.2, -0.15) is 0 Å². The van der Waals surface area contributed by atoms with Crippen LogP contribution in [0.2, 0.25) is 0 Å². The van der Waals surface area contributed by atoms with Crippen molar-refractivity contribution >= 4 is 27.4 Å². The van der Waals surface area contributed by atoms with Gasteiger partial charge in [-0.3, -0.25) is 0 Å². The molecule has 0 aromatic carbocycles. The average molecular weight is 301 g/mol. The van der Waals surface area contributed by atoms with E-state index in [0.717, 1.165) is 11.6 Å². The number of fused-ring (bicyclic) bond motifs is 3. The van der Waals surface area contributed by atoms with Crippen molar-refractivity contribution in [2.75, 3.05) is 12.4 Å². The predicted octanol–water partition coefficient (Wildman–Crippen LogP) is 4.66. The van der Waals surface area contributed by atoms with Crippen molar-refractivity contribution in [1.29, 1.82) is 0 Å². The van der Waals surface area contributed by atoms with Crippen molar-refractivity contribution in [2.45, 2.75) is 63.7 Å². The molecule has 2 heterocycles. The number of hydrogen-bond donors (Lipinski definition) is 1. The molecule has 1 saturated carbocycles. The Hall–Kier alpha value is -1.16. The van der Waals surface area contributed by atoms with E-state index in [1.165, 1.54) is 73.6 Å².